The van der Waals surface area contributed by atoms with Crippen LogP contribution in [0.1, 0.15) is 6.92 Å². The molecule has 0 unspecified atom stereocenters. The minimum atomic E-state index is -0.513. The Labute approximate surface area is 86.7 Å². The van der Waals surface area contributed by atoms with Gasteiger partial charge >= 0.3 is 5.97 Å². The van der Waals surface area contributed by atoms with Crippen molar-refractivity contribution in [3.63, 3.8) is 0 Å². The summed E-state index contributed by atoms with van der Waals surface area (Å²) < 4.78 is 4.49. The summed E-state index contributed by atoms with van der Waals surface area (Å²) in [6, 6.07) is 6.09. The second-order valence-electron chi connectivity index (χ2n) is 2.88. The zero-order valence-electron chi connectivity index (χ0n) is 8.19. The largest absolute Gasteiger partial charge is 0.508 e. The van der Waals surface area contributed by atoms with Gasteiger partial charge in [0.05, 0.1) is 0 Å². The van der Waals surface area contributed by atoms with Gasteiger partial charge in [-0.2, -0.15) is 0 Å². The van der Waals surface area contributed by atoms with Crippen LogP contribution in [0.25, 0.3) is 0 Å². The molecular formula is C10H11NO4. The third-order valence-corrected chi connectivity index (χ3v) is 1.54. The molecule has 1 aromatic carbocycles. The summed E-state index contributed by atoms with van der Waals surface area (Å²) in [4.78, 5) is 21.6. The van der Waals surface area contributed by atoms with Crippen molar-refractivity contribution >= 4 is 17.6 Å². The molecule has 0 aliphatic heterocycles. The molecule has 0 saturated carbocycles. The third-order valence-electron chi connectivity index (χ3n) is 1.54. The molecule has 0 atom stereocenters. The van der Waals surface area contributed by atoms with Crippen LogP contribution in [0.15, 0.2) is 24.3 Å². The lowest BCUT2D eigenvalue weighted by Crippen LogP contribution is -2.19. The molecule has 0 saturated heterocycles. The third kappa shape index (κ3) is 4.12. The number of carbonyl (C=O) groups excluding carboxylic acids is 2. The Balaban J connectivity index is 2.48. The highest BCUT2D eigenvalue weighted by atomic mass is 16.5. The number of amides is 1. The highest BCUT2D eigenvalue weighted by molar-refractivity contribution is 5.92. The maximum Gasteiger partial charge on any atom is 0.303 e. The number of benzene rings is 1. The second kappa shape index (κ2) is 4.99. The Kier molecular flexibility index (Phi) is 3.68. The number of ether oxygens (including phenoxy) is 1. The van der Waals surface area contributed by atoms with Crippen molar-refractivity contribution in [2.24, 2.45) is 0 Å². The van der Waals surface area contributed by atoms with Crippen LogP contribution in [0.3, 0.4) is 0 Å². The molecular weight excluding hydrogens is 198 g/mol. The van der Waals surface area contributed by atoms with Crippen molar-refractivity contribution in [2.75, 3.05) is 11.9 Å². The van der Waals surface area contributed by atoms with Crippen LogP contribution >= 0.6 is 0 Å². The van der Waals surface area contributed by atoms with Crippen LogP contribution < -0.4 is 5.32 Å². The van der Waals surface area contributed by atoms with Crippen molar-refractivity contribution in [1.82, 2.24) is 0 Å². The molecule has 0 aliphatic carbocycles. The van der Waals surface area contributed by atoms with Crippen LogP contribution in [-0.4, -0.2) is 23.6 Å². The molecule has 0 aliphatic rings. The van der Waals surface area contributed by atoms with Crippen molar-refractivity contribution in [1.29, 1.82) is 0 Å². The predicted molar refractivity (Wildman–Crippen MR) is 53.4 cm³/mol. The van der Waals surface area contributed by atoms with E-state index in [-0.39, 0.29) is 12.4 Å². The van der Waals surface area contributed by atoms with Crippen molar-refractivity contribution in [2.45, 2.75) is 6.92 Å². The number of phenolic OH excluding ortho intramolecular Hbond substituents is 1. The van der Waals surface area contributed by atoms with Crippen molar-refractivity contribution in [3.8, 4) is 5.75 Å². The quantitative estimate of drug-likeness (QED) is 0.725. The predicted octanol–water partition coefficient (Wildman–Crippen LogP) is 0.894. The van der Waals surface area contributed by atoms with Crippen molar-refractivity contribution < 1.29 is 19.4 Å². The number of phenols is 1. The summed E-state index contributed by atoms with van der Waals surface area (Å²) >= 11 is 0. The minimum absolute atomic E-state index is 0.0558. The highest BCUT2D eigenvalue weighted by Gasteiger charge is 2.04. The van der Waals surface area contributed by atoms with Crippen LogP contribution in [0.4, 0.5) is 5.69 Å². The molecule has 0 fully saturated rings. The topological polar surface area (TPSA) is 75.6 Å². The summed E-state index contributed by atoms with van der Waals surface area (Å²) in [5.74, 6) is -0.905. The summed E-state index contributed by atoms with van der Waals surface area (Å²) in [6.07, 6.45) is 0. The smallest absolute Gasteiger partial charge is 0.303 e. The van der Waals surface area contributed by atoms with E-state index in [0.29, 0.717) is 5.69 Å². The zero-order chi connectivity index (χ0) is 11.3. The van der Waals surface area contributed by atoms with Crippen LogP contribution in [0.5, 0.6) is 5.75 Å². The van der Waals surface area contributed by atoms with E-state index in [2.05, 4.69) is 10.1 Å². The fourth-order valence-corrected chi connectivity index (χ4v) is 0.948. The first-order chi connectivity index (χ1) is 7.08. The van der Waals surface area contributed by atoms with Gasteiger partial charge in [-0.1, -0.05) is 6.07 Å². The molecule has 1 aromatic rings. The molecule has 1 amide bonds. The summed E-state index contributed by atoms with van der Waals surface area (Å²) in [5, 5.41) is 11.6. The Hall–Kier alpha value is -2.04. The molecule has 0 bridgehead atoms. The van der Waals surface area contributed by atoms with Gasteiger partial charge in [-0.05, 0) is 12.1 Å². The monoisotopic (exact) mass is 209 g/mol. The number of anilines is 1. The van der Waals surface area contributed by atoms with Gasteiger partial charge in [0.15, 0.2) is 6.61 Å². The maximum atomic E-state index is 11.2. The van der Waals surface area contributed by atoms with E-state index < -0.39 is 11.9 Å². The Morgan fingerprint density at radius 3 is 2.80 bits per heavy atom. The van der Waals surface area contributed by atoms with E-state index in [4.69, 9.17) is 5.11 Å². The van der Waals surface area contributed by atoms with Gasteiger partial charge in [-0.15, -0.1) is 0 Å². The van der Waals surface area contributed by atoms with E-state index in [9.17, 15) is 9.59 Å². The van der Waals surface area contributed by atoms with Gasteiger partial charge in [0, 0.05) is 18.7 Å². The average Bonchev–Trinajstić information content (AvgIpc) is 2.15. The molecule has 0 radical (unpaired) electrons. The molecule has 5 nitrogen and oxygen atoms in total. The van der Waals surface area contributed by atoms with E-state index in [1.807, 2.05) is 0 Å². The minimum Gasteiger partial charge on any atom is -0.508 e. The molecule has 2 N–H and O–H groups in total. The average molecular weight is 209 g/mol. The summed E-state index contributed by atoms with van der Waals surface area (Å²) in [6.45, 7) is 0.895. The number of aromatic hydroxyl groups is 1. The zero-order valence-corrected chi connectivity index (χ0v) is 8.19. The maximum absolute atomic E-state index is 11.2. The molecule has 15 heavy (non-hydrogen) atoms. The summed E-state index contributed by atoms with van der Waals surface area (Å²) in [5.41, 5.74) is 0.451. The van der Waals surface area contributed by atoms with Gasteiger partial charge in [0.25, 0.3) is 5.91 Å². The highest BCUT2D eigenvalue weighted by Crippen LogP contribution is 2.14. The molecule has 1 rings (SSSR count). The Bertz CT molecular complexity index is 375. The first kappa shape index (κ1) is 11.0. The van der Waals surface area contributed by atoms with E-state index >= 15 is 0 Å². The van der Waals surface area contributed by atoms with Gasteiger partial charge in [-0.3, -0.25) is 9.59 Å². The number of hydrogen-bond donors (Lipinski definition) is 2. The number of rotatable bonds is 3. The Morgan fingerprint density at radius 1 is 1.47 bits per heavy atom. The SMILES string of the molecule is CC(=O)OCC(=O)Nc1cccc(O)c1. The number of esters is 1. The van der Waals surface area contributed by atoms with Gasteiger partial charge in [0.1, 0.15) is 5.75 Å². The van der Waals surface area contributed by atoms with E-state index in [1.165, 1.54) is 19.1 Å². The van der Waals surface area contributed by atoms with E-state index in [0.717, 1.165) is 0 Å². The standard InChI is InChI=1S/C10H11NO4/c1-7(12)15-6-10(14)11-8-3-2-4-9(13)5-8/h2-5,13H,6H2,1H3,(H,11,14). The van der Waals surface area contributed by atoms with E-state index in [1.54, 1.807) is 12.1 Å². The summed E-state index contributed by atoms with van der Waals surface area (Å²) in [7, 11) is 0. The fraction of sp³-hybridized carbons (Fsp3) is 0.200. The molecule has 0 aromatic heterocycles. The Morgan fingerprint density at radius 2 is 2.20 bits per heavy atom. The molecule has 0 heterocycles. The number of hydrogen-bond acceptors (Lipinski definition) is 4. The first-order valence-electron chi connectivity index (χ1n) is 4.30. The second-order valence-corrected chi connectivity index (χ2v) is 2.88. The lowest BCUT2D eigenvalue weighted by molar-refractivity contribution is -0.144. The number of nitrogens with one attached hydrogen (secondary N) is 1. The lowest BCUT2D eigenvalue weighted by atomic mass is 10.3. The van der Waals surface area contributed by atoms with Crippen LogP contribution in [0.2, 0.25) is 0 Å². The van der Waals surface area contributed by atoms with Gasteiger partial charge in [0.2, 0.25) is 0 Å². The van der Waals surface area contributed by atoms with Gasteiger partial charge in [-0.25, -0.2) is 0 Å². The van der Waals surface area contributed by atoms with Crippen LogP contribution in [0, 0.1) is 0 Å². The van der Waals surface area contributed by atoms with Crippen LogP contribution in [-0.2, 0) is 14.3 Å². The van der Waals surface area contributed by atoms with Gasteiger partial charge < -0.3 is 15.2 Å². The first-order valence-corrected chi connectivity index (χ1v) is 4.30. The lowest BCUT2D eigenvalue weighted by Gasteiger charge is -2.05. The number of carbonyl (C=O) groups is 2. The van der Waals surface area contributed by atoms with Crippen molar-refractivity contribution in [3.05, 3.63) is 24.3 Å². The fourth-order valence-electron chi connectivity index (χ4n) is 0.948. The normalized spacial score (nSPS) is 9.40. The molecule has 5 heteroatoms. The molecule has 80 valence electrons. The molecule has 0 spiro atoms.